The Labute approximate surface area is 165 Å². The number of nitrogens with zero attached hydrogens (tertiary/aromatic N) is 3. The number of aryl methyl sites for hydroxylation is 1. The molecule has 0 spiro atoms. The van der Waals surface area contributed by atoms with Crippen molar-refractivity contribution in [2.75, 3.05) is 17.2 Å². The number of hydrogen-bond acceptors (Lipinski definition) is 6. The molecular weight excluding hydrogens is 383 g/mol. The van der Waals surface area contributed by atoms with Gasteiger partial charge < -0.3 is 15.7 Å². The van der Waals surface area contributed by atoms with Gasteiger partial charge in [0.25, 0.3) is 0 Å². The van der Waals surface area contributed by atoms with Gasteiger partial charge in [-0.25, -0.2) is 4.98 Å². The van der Waals surface area contributed by atoms with Crippen molar-refractivity contribution in [1.29, 1.82) is 0 Å². The lowest BCUT2D eigenvalue weighted by molar-refractivity contribution is -0.138. The highest BCUT2D eigenvalue weighted by atomic mass is 19.4. The maximum atomic E-state index is 13.2. The number of alkyl halides is 3. The first-order valence-corrected chi connectivity index (χ1v) is 8.88. The van der Waals surface area contributed by atoms with E-state index in [1.54, 1.807) is 43.6 Å². The molecular formula is C20H20F3N5O. The second-order valence-corrected chi connectivity index (χ2v) is 6.58. The summed E-state index contributed by atoms with van der Waals surface area (Å²) >= 11 is 0. The van der Waals surface area contributed by atoms with Gasteiger partial charge in [0.05, 0.1) is 17.9 Å². The van der Waals surface area contributed by atoms with E-state index in [0.29, 0.717) is 11.5 Å². The lowest BCUT2D eigenvalue weighted by atomic mass is 10.1. The first kappa shape index (κ1) is 20.5. The molecule has 0 aliphatic heterocycles. The summed E-state index contributed by atoms with van der Waals surface area (Å²) in [6, 6.07) is 8.87. The third-order valence-electron chi connectivity index (χ3n) is 4.17. The van der Waals surface area contributed by atoms with Crippen LogP contribution in [0.3, 0.4) is 0 Å². The average Bonchev–Trinajstić information content (AvgIpc) is 2.69. The number of pyridine rings is 1. The van der Waals surface area contributed by atoms with Crippen LogP contribution in [0, 0.1) is 6.92 Å². The largest absolute Gasteiger partial charge is 0.416 e. The van der Waals surface area contributed by atoms with Crippen LogP contribution in [0.2, 0.25) is 0 Å². The summed E-state index contributed by atoms with van der Waals surface area (Å²) < 4.78 is 39.6. The fraction of sp³-hybridized carbons (Fsp3) is 0.250. The first-order chi connectivity index (χ1) is 13.8. The minimum absolute atomic E-state index is 0.126. The summed E-state index contributed by atoms with van der Waals surface area (Å²) in [5.41, 5.74) is 1.01. The molecule has 0 saturated carbocycles. The molecule has 2 aromatic heterocycles. The second kappa shape index (κ2) is 8.44. The fourth-order valence-corrected chi connectivity index (χ4v) is 2.67. The van der Waals surface area contributed by atoms with Crippen LogP contribution in [-0.4, -0.2) is 32.7 Å². The summed E-state index contributed by atoms with van der Waals surface area (Å²) in [5.74, 6) is 0.558. The monoisotopic (exact) mass is 403 g/mol. The molecule has 152 valence electrons. The van der Waals surface area contributed by atoms with E-state index in [2.05, 4.69) is 25.6 Å². The van der Waals surface area contributed by atoms with Gasteiger partial charge in [-0.3, -0.25) is 4.98 Å². The topological polar surface area (TPSA) is 83.0 Å². The molecule has 0 aliphatic rings. The van der Waals surface area contributed by atoms with Crippen LogP contribution in [0.5, 0.6) is 0 Å². The third kappa shape index (κ3) is 5.20. The van der Waals surface area contributed by atoms with Gasteiger partial charge in [-0.2, -0.15) is 18.2 Å². The van der Waals surface area contributed by atoms with E-state index in [1.807, 2.05) is 0 Å². The van der Waals surface area contributed by atoms with Gasteiger partial charge in [-0.15, -0.1) is 0 Å². The number of aliphatic hydroxyl groups is 1. The van der Waals surface area contributed by atoms with Crippen molar-refractivity contribution in [2.45, 2.75) is 26.1 Å². The molecule has 3 N–H and O–H groups in total. The Hall–Kier alpha value is -3.20. The van der Waals surface area contributed by atoms with Crippen LogP contribution in [0.1, 0.15) is 18.1 Å². The van der Waals surface area contributed by atoms with Crippen LogP contribution in [0.25, 0.3) is 11.3 Å². The second-order valence-electron chi connectivity index (χ2n) is 6.58. The van der Waals surface area contributed by atoms with Crippen molar-refractivity contribution < 1.29 is 18.3 Å². The Kier molecular flexibility index (Phi) is 5.97. The molecule has 0 saturated heterocycles. The zero-order chi connectivity index (χ0) is 21.0. The lowest BCUT2D eigenvalue weighted by Gasteiger charge is -2.16. The zero-order valence-corrected chi connectivity index (χ0v) is 15.8. The fourth-order valence-electron chi connectivity index (χ4n) is 2.67. The molecule has 9 heteroatoms. The van der Waals surface area contributed by atoms with Gasteiger partial charge in [0, 0.05) is 35.8 Å². The van der Waals surface area contributed by atoms with Gasteiger partial charge in [0.15, 0.2) is 0 Å². The number of benzene rings is 1. The number of rotatable bonds is 6. The van der Waals surface area contributed by atoms with Crippen LogP contribution in [0.15, 0.2) is 48.8 Å². The van der Waals surface area contributed by atoms with Crippen LogP contribution >= 0.6 is 0 Å². The highest BCUT2D eigenvalue weighted by Gasteiger charge is 2.32. The zero-order valence-electron chi connectivity index (χ0n) is 15.8. The van der Waals surface area contributed by atoms with Gasteiger partial charge in [-0.05, 0) is 43.7 Å². The van der Waals surface area contributed by atoms with Gasteiger partial charge in [-0.1, -0.05) is 6.07 Å². The number of aliphatic hydroxyl groups excluding tert-OH is 1. The van der Waals surface area contributed by atoms with Crippen molar-refractivity contribution in [3.63, 3.8) is 0 Å². The molecule has 1 aromatic carbocycles. The highest BCUT2D eigenvalue weighted by molar-refractivity contribution is 5.67. The van der Waals surface area contributed by atoms with E-state index in [-0.39, 0.29) is 29.8 Å². The van der Waals surface area contributed by atoms with Crippen molar-refractivity contribution in [2.24, 2.45) is 0 Å². The number of nitrogens with one attached hydrogen (secondary N) is 2. The number of anilines is 3. The van der Waals surface area contributed by atoms with E-state index in [4.69, 9.17) is 0 Å². The molecule has 29 heavy (non-hydrogen) atoms. The van der Waals surface area contributed by atoms with Crippen molar-refractivity contribution in [3.8, 4) is 11.3 Å². The molecule has 2 heterocycles. The molecule has 0 radical (unpaired) electrons. The predicted octanol–water partition coefficient (Wildman–Crippen LogP) is 4.40. The molecule has 3 rings (SSSR count). The molecule has 1 atom stereocenters. The summed E-state index contributed by atoms with van der Waals surface area (Å²) in [7, 11) is 0. The summed E-state index contributed by atoms with van der Waals surface area (Å²) in [4.78, 5) is 12.7. The number of hydrogen-bond donors (Lipinski definition) is 3. The van der Waals surface area contributed by atoms with Gasteiger partial charge >= 0.3 is 6.18 Å². The SMILES string of the molecule is Cc1ccc(Nc2cc(-c3ccncc3)nc(N[C@H](C)CO)n2)cc1C(F)(F)F. The molecule has 0 bridgehead atoms. The van der Waals surface area contributed by atoms with Crippen LogP contribution in [0.4, 0.5) is 30.6 Å². The van der Waals surface area contributed by atoms with E-state index in [1.165, 1.54) is 13.0 Å². The standard InChI is InChI=1S/C20H20F3N5O/c1-12-3-4-15(9-16(12)20(21,22)23)26-18-10-17(14-5-7-24-8-6-14)27-19(28-18)25-13(2)11-29/h3-10,13,29H,11H2,1-2H3,(H2,25,26,27,28)/t13-/m1/s1. The summed E-state index contributed by atoms with van der Waals surface area (Å²) in [6.45, 7) is 3.04. The van der Waals surface area contributed by atoms with E-state index < -0.39 is 11.7 Å². The smallest absolute Gasteiger partial charge is 0.394 e. The molecule has 0 aliphatic carbocycles. The summed E-state index contributed by atoms with van der Waals surface area (Å²) in [6.07, 6.45) is -1.22. The first-order valence-electron chi connectivity index (χ1n) is 8.88. The maximum Gasteiger partial charge on any atom is 0.416 e. The normalized spacial score (nSPS) is 12.5. The highest BCUT2D eigenvalue weighted by Crippen LogP contribution is 2.34. The van der Waals surface area contributed by atoms with Crippen LogP contribution < -0.4 is 10.6 Å². The number of halogens is 3. The quantitative estimate of drug-likeness (QED) is 0.566. The Morgan fingerprint density at radius 2 is 1.79 bits per heavy atom. The number of aromatic nitrogens is 3. The minimum Gasteiger partial charge on any atom is -0.394 e. The Morgan fingerprint density at radius 1 is 1.07 bits per heavy atom. The Morgan fingerprint density at radius 3 is 2.45 bits per heavy atom. The van der Waals surface area contributed by atoms with E-state index in [0.717, 1.165) is 11.6 Å². The molecule has 0 fully saturated rings. The summed E-state index contributed by atoms with van der Waals surface area (Å²) in [5, 5.41) is 15.2. The third-order valence-corrected chi connectivity index (χ3v) is 4.17. The van der Waals surface area contributed by atoms with Crippen molar-refractivity contribution in [3.05, 3.63) is 59.9 Å². The van der Waals surface area contributed by atoms with E-state index in [9.17, 15) is 18.3 Å². The van der Waals surface area contributed by atoms with Crippen molar-refractivity contribution >= 4 is 17.5 Å². The van der Waals surface area contributed by atoms with Gasteiger partial charge in [0.1, 0.15) is 5.82 Å². The van der Waals surface area contributed by atoms with E-state index >= 15 is 0 Å². The van der Waals surface area contributed by atoms with Gasteiger partial charge in [0.2, 0.25) is 5.95 Å². The molecule has 3 aromatic rings. The minimum atomic E-state index is -4.45. The Balaban J connectivity index is 1.99. The van der Waals surface area contributed by atoms with Crippen LogP contribution in [-0.2, 0) is 6.18 Å². The van der Waals surface area contributed by atoms with Crippen molar-refractivity contribution in [1.82, 2.24) is 15.0 Å². The average molecular weight is 403 g/mol. The maximum absolute atomic E-state index is 13.2. The molecule has 0 amide bonds. The Bertz CT molecular complexity index is 980. The molecule has 0 unspecified atom stereocenters. The lowest BCUT2D eigenvalue weighted by Crippen LogP contribution is -2.21. The molecule has 6 nitrogen and oxygen atoms in total. The predicted molar refractivity (Wildman–Crippen MR) is 105 cm³/mol.